The molecule has 1 aromatic heterocycles. The van der Waals surface area contributed by atoms with E-state index in [2.05, 4.69) is 46.4 Å². The van der Waals surface area contributed by atoms with Crippen LogP contribution in [0.15, 0.2) is 6.07 Å². The number of anilines is 2. The Bertz CT molecular complexity index is 453. The second-order valence-electron chi connectivity index (χ2n) is 5.56. The second kappa shape index (κ2) is 7.53. The van der Waals surface area contributed by atoms with Gasteiger partial charge in [-0.15, -0.1) is 0 Å². The summed E-state index contributed by atoms with van der Waals surface area (Å²) in [6.07, 6.45) is 0.186. The number of hydrazine groups is 1. The van der Waals surface area contributed by atoms with Gasteiger partial charge in [0.2, 0.25) is 0 Å². The Morgan fingerprint density at radius 2 is 2.19 bits per heavy atom. The normalized spacial score (nSPS) is 19.8. The minimum Gasteiger partial charge on any atom is -0.374 e. The Morgan fingerprint density at radius 1 is 1.43 bits per heavy atom. The van der Waals surface area contributed by atoms with Gasteiger partial charge >= 0.3 is 0 Å². The fraction of sp³-hybridized carbons (Fsp3) is 0.714. The minimum absolute atomic E-state index is 0.186. The molecule has 1 unspecified atom stereocenters. The molecule has 0 amide bonds. The van der Waals surface area contributed by atoms with Crippen molar-refractivity contribution in [3.05, 3.63) is 11.9 Å². The monoisotopic (exact) mass is 294 g/mol. The summed E-state index contributed by atoms with van der Waals surface area (Å²) in [5.74, 6) is 7.88. The highest BCUT2D eigenvalue weighted by Crippen LogP contribution is 2.16. The van der Waals surface area contributed by atoms with Crippen LogP contribution < -0.4 is 16.6 Å². The van der Waals surface area contributed by atoms with Crippen LogP contribution in [0.2, 0.25) is 0 Å². The third-order valence-corrected chi connectivity index (χ3v) is 3.59. The minimum atomic E-state index is 0.186. The third-order valence-electron chi connectivity index (χ3n) is 3.59. The molecule has 0 bridgehead atoms. The number of nitrogen functional groups attached to an aromatic ring is 1. The molecule has 0 aromatic carbocycles. The molecule has 1 aliphatic rings. The highest BCUT2D eigenvalue weighted by Gasteiger charge is 2.19. The zero-order chi connectivity index (χ0) is 15.2. The number of nitrogens with zero attached hydrogens (tertiary/aromatic N) is 3. The lowest BCUT2D eigenvalue weighted by molar-refractivity contribution is -0.0192. The van der Waals surface area contributed by atoms with Gasteiger partial charge in [0, 0.05) is 31.6 Å². The van der Waals surface area contributed by atoms with E-state index in [0.717, 1.165) is 44.4 Å². The van der Waals surface area contributed by atoms with E-state index in [1.165, 1.54) is 0 Å². The highest BCUT2D eigenvalue weighted by atomic mass is 16.5. The van der Waals surface area contributed by atoms with Gasteiger partial charge in [-0.05, 0) is 6.54 Å². The summed E-state index contributed by atoms with van der Waals surface area (Å²) in [7, 11) is 0. The molecule has 1 saturated heterocycles. The molecule has 0 spiro atoms. The van der Waals surface area contributed by atoms with Crippen molar-refractivity contribution in [1.82, 2.24) is 14.9 Å². The smallest absolute Gasteiger partial charge is 0.145 e. The Balaban J connectivity index is 1.97. The number of nitrogens with two attached hydrogens (primary N) is 1. The molecule has 2 rings (SSSR count). The average molecular weight is 294 g/mol. The van der Waals surface area contributed by atoms with E-state index in [-0.39, 0.29) is 12.0 Å². The molecule has 1 fully saturated rings. The maximum atomic E-state index is 5.78. The number of hydrogen-bond acceptors (Lipinski definition) is 7. The third kappa shape index (κ3) is 4.52. The average Bonchev–Trinajstić information content (AvgIpc) is 2.52. The fourth-order valence-electron chi connectivity index (χ4n) is 2.30. The van der Waals surface area contributed by atoms with Gasteiger partial charge in [-0.1, -0.05) is 20.8 Å². The van der Waals surface area contributed by atoms with Crippen molar-refractivity contribution in [1.29, 1.82) is 0 Å². The van der Waals surface area contributed by atoms with E-state index < -0.39 is 0 Å². The fourth-order valence-corrected chi connectivity index (χ4v) is 2.30. The maximum Gasteiger partial charge on any atom is 0.145 e. The number of rotatable bonds is 6. The molecule has 2 heterocycles. The molecule has 21 heavy (non-hydrogen) atoms. The molecule has 1 aliphatic heterocycles. The summed E-state index contributed by atoms with van der Waals surface area (Å²) in [6.45, 7) is 10.8. The number of ether oxygens (including phenoxy) is 1. The van der Waals surface area contributed by atoms with Crippen LogP contribution in [0.1, 0.15) is 32.5 Å². The molecule has 0 radical (unpaired) electrons. The molecular weight excluding hydrogens is 268 g/mol. The van der Waals surface area contributed by atoms with Crippen molar-refractivity contribution in [3.63, 3.8) is 0 Å². The number of aromatic nitrogens is 2. The van der Waals surface area contributed by atoms with Crippen molar-refractivity contribution < 1.29 is 4.74 Å². The first-order valence-corrected chi connectivity index (χ1v) is 7.55. The Kier molecular flexibility index (Phi) is 5.72. The van der Waals surface area contributed by atoms with Crippen LogP contribution in [0, 0.1) is 0 Å². The van der Waals surface area contributed by atoms with Crippen molar-refractivity contribution in [2.45, 2.75) is 32.8 Å². The molecule has 118 valence electrons. The largest absolute Gasteiger partial charge is 0.374 e. The molecule has 7 nitrogen and oxygen atoms in total. The molecule has 7 heteroatoms. The van der Waals surface area contributed by atoms with Crippen LogP contribution >= 0.6 is 0 Å². The van der Waals surface area contributed by atoms with Gasteiger partial charge in [0.1, 0.15) is 17.5 Å². The van der Waals surface area contributed by atoms with Crippen molar-refractivity contribution >= 4 is 11.6 Å². The molecule has 1 atom stereocenters. The SMILES string of the molecule is CCN1CCOC(CNc2cc(NN)nc(C(C)C)n2)C1. The molecule has 0 saturated carbocycles. The van der Waals surface area contributed by atoms with Crippen LogP contribution in [0.4, 0.5) is 11.6 Å². The van der Waals surface area contributed by atoms with E-state index in [0.29, 0.717) is 5.82 Å². The summed E-state index contributed by atoms with van der Waals surface area (Å²) >= 11 is 0. The van der Waals surface area contributed by atoms with E-state index in [1.54, 1.807) is 0 Å². The molecule has 1 aromatic rings. The summed E-state index contributed by atoms with van der Waals surface area (Å²) in [5.41, 5.74) is 2.59. The van der Waals surface area contributed by atoms with Gasteiger partial charge < -0.3 is 15.5 Å². The van der Waals surface area contributed by atoms with Crippen LogP contribution in [0.3, 0.4) is 0 Å². The van der Waals surface area contributed by atoms with Crippen LogP contribution in [0.25, 0.3) is 0 Å². The van der Waals surface area contributed by atoms with E-state index in [1.807, 2.05) is 6.07 Å². The van der Waals surface area contributed by atoms with Gasteiger partial charge in [0.25, 0.3) is 0 Å². The predicted octanol–water partition coefficient (Wildman–Crippen LogP) is 1.02. The first kappa shape index (κ1) is 15.9. The Morgan fingerprint density at radius 3 is 2.86 bits per heavy atom. The number of morpholine rings is 1. The van der Waals surface area contributed by atoms with Gasteiger partial charge in [0.15, 0.2) is 0 Å². The maximum absolute atomic E-state index is 5.78. The van der Waals surface area contributed by atoms with Crippen LogP contribution in [-0.2, 0) is 4.74 Å². The topological polar surface area (TPSA) is 88.3 Å². The summed E-state index contributed by atoms with van der Waals surface area (Å²) in [5, 5.41) is 3.33. The lowest BCUT2D eigenvalue weighted by Gasteiger charge is -2.32. The zero-order valence-electron chi connectivity index (χ0n) is 13.1. The van der Waals surface area contributed by atoms with Crippen molar-refractivity contribution in [3.8, 4) is 0 Å². The molecular formula is C14H26N6O. The summed E-state index contributed by atoms with van der Waals surface area (Å²) in [6, 6.07) is 1.81. The number of hydrogen-bond donors (Lipinski definition) is 3. The van der Waals surface area contributed by atoms with Crippen molar-refractivity contribution in [2.24, 2.45) is 5.84 Å². The first-order valence-electron chi connectivity index (χ1n) is 7.55. The Hall–Kier alpha value is -1.44. The quantitative estimate of drug-likeness (QED) is 0.533. The standard InChI is InChI=1S/C14H26N6O/c1-4-20-5-6-21-11(9-20)8-16-12-7-13(19-15)18-14(17-12)10(2)3/h7,10-11H,4-6,8-9,15H2,1-3H3,(H2,16,17,18,19). The first-order chi connectivity index (χ1) is 10.1. The number of nitrogens with one attached hydrogen (secondary N) is 2. The summed E-state index contributed by atoms with van der Waals surface area (Å²) < 4.78 is 5.78. The Labute approximate surface area is 126 Å². The molecule has 0 aliphatic carbocycles. The number of likely N-dealkylation sites (N-methyl/N-ethyl adjacent to an activating group) is 1. The summed E-state index contributed by atoms with van der Waals surface area (Å²) in [4.78, 5) is 11.3. The van der Waals surface area contributed by atoms with Crippen LogP contribution in [-0.4, -0.2) is 53.8 Å². The highest BCUT2D eigenvalue weighted by molar-refractivity contribution is 5.47. The lowest BCUT2D eigenvalue weighted by atomic mass is 10.2. The van der Waals surface area contributed by atoms with E-state index in [4.69, 9.17) is 10.6 Å². The van der Waals surface area contributed by atoms with Gasteiger partial charge in [-0.3, -0.25) is 4.90 Å². The predicted molar refractivity (Wildman–Crippen MR) is 84.3 cm³/mol. The lowest BCUT2D eigenvalue weighted by Crippen LogP contribution is -2.45. The van der Waals surface area contributed by atoms with Gasteiger partial charge in [-0.25, -0.2) is 15.8 Å². The van der Waals surface area contributed by atoms with Gasteiger partial charge in [-0.2, -0.15) is 0 Å². The zero-order valence-corrected chi connectivity index (χ0v) is 13.1. The molecule has 4 N–H and O–H groups in total. The van der Waals surface area contributed by atoms with E-state index >= 15 is 0 Å². The van der Waals surface area contributed by atoms with Gasteiger partial charge in [0.05, 0.1) is 12.7 Å². The van der Waals surface area contributed by atoms with E-state index in [9.17, 15) is 0 Å². The van der Waals surface area contributed by atoms with Crippen molar-refractivity contribution in [2.75, 3.05) is 43.5 Å². The second-order valence-corrected chi connectivity index (χ2v) is 5.56. The van der Waals surface area contributed by atoms with Crippen LogP contribution in [0.5, 0.6) is 0 Å².